The van der Waals surface area contributed by atoms with Crippen LogP contribution in [0.15, 0.2) is 35.3 Å². The molecule has 0 aromatic heterocycles. The van der Waals surface area contributed by atoms with Crippen LogP contribution in [0.5, 0.6) is 0 Å². The first-order chi connectivity index (χ1) is 14.7. The molecule has 0 bridgehead atoms. The van der Waals surface area contributed by atoms with Crippen molar-refractivity contribution in [3.05, 3.63) is 35.9 Å². The van der Waals surface area contributed by atoms with E-state index in [2.05, 4.69) is 71.5 Å². The Morgan fingerprint density at radius 2 is 1.81 bits per heavy atom. The van der Waals surface area contributed by atoms with Crippen LogP contribution in [-0.2, 0) is 6.54 Å². The summed E-state index contributed by atoms with van der Waals surface area (Å²) in [6, 6.07) is 11.9. The van der Waals surface area contributed by atoms with Crippen molar-refractivity contribution in [3.63, 3.8) is 0 Å². The summed E-state index contributed by atoms with van der Waals surface area (Å²) in [7, 11) is 0. The first-order valence-corrected chi connectivity index (χ1v) is 12.2. The van der Waals surface area contributed by atoms with Gasteiger partial charge in [-0.25, -0.2) is 0 Å². The molecule has 31 heavy (non-hydrogen) atoms. The Bertz CT molecular complexity index is 630. The van der Waals surface area contributed by atoms with Crippen LogP contribution in [-0.4, -0.2) is 67.1 Å². The molecule has 2 fully saturated rings. The van der Waals surface area contributed by atoms with Crippen molar-refractivity contribution in [2.45, 2.75) is 71.5 Å². The molecule has 0 radical (unpaired) electrons. The average molecular weight is 542 g/mol. The van der Waals surface area contributed by atoms with Crippen molar-refractivity contribution in [3.8, 4) is 0 Å². The number of halogens is 1. The van der Waals surface area contributed by atoms with E-state index in [4.69, 9.17) is 4.99 Å². The predicted molar refractivity (Wildman–Crippen MR) is 143 cm³/mol. The van der Waals surface area contributed by atoms with Gasteiger partial charge in [0.05, 0.1) is 0 Å². The fraction of sp³-hybridized carbons (Fsp3) is 0.720. The Hall–Kier alpha value is -0.860. The molecule has 2 N–H and O–H groups in total. The fourth-order valence-corrected chi connectivity index (χ4v) is 4.87. The number of hydrogen-bond donors (Lipinski definition) is 2. The maximum Gasteiger partial charge on any atom is 0.191 e. The summed E-state index contributed by atoms with van der Waals surface area (Å²) in [6.45, 7) is 14.6. The Morgan fingerprint density at radius 3 is 2.45 bits per heavy atom. The van der Waals surface area contributed by atoms with Crippen LogP contribution in [0.3, 0.4) is 0 Å². The number of rotatable bonds is 8. The molecular formula is C25H44IN5. The number of aliphatic imine (C=N–C) groups is 1. The minimum absolute atomic E-state index is 0. The summed E-state index contributed by atoms with van der Waals surface area (Å²) in [5, 5.41) is 7.20. The Kier molecular flexibility index (Phi) is 12.2. The number of guanidine groups is 1. The average Bonchev–Trinajstić information content (AvgIpc) is 2.77. The molecule has 0 saturated carbocycles. The lowest BCUT2D eigenvalue weighted by Crippen LogP contribution is -2.51. The second-order valence-electron chi connectivity index (χ2n) is 9.10. The van der Waals surface area contributed by atoms with Crippen molar-refractivity contribution in [2.75, 3.05) is 39.3 Å². The molecule has 2 unspecified atom stereocenters. The predicted octanol–water partition coefficient (Wildman–Crippen LogP) is 4.33. The second-order valence-corrected chi connectivity index (χ2v) is 9.10. The van der Waals surface area contributed by atoms with Gasteiger partial charge in [0.25, 0.3) is 0 Å². The highest BCUT2D eigenvalue weighted by atomic mass is 127. The number of likely N-dealkylation sites (tertiary alicyclic amines) is 2. The topological polar surface area (TPSA) is 42.9 Å². The van der Waals surface area contributed by atoms with E-state index in [9.17, 15) is 0 Å². The summed E-state index contributed by atoms with van der Waals surface area (Å²) < 4.78 is 0. The minimum Gasteiger partial charge on any atom is -0.357 e. The Balaban J connectivity index is 0.00000341. The van der Waals surface area contributed by atoms with E-state index in [1.807, 2.05) is 0 Å². The van der Waals surface area contributed by atoms with E-state index >= 15 is 0 Å². The maximum absolute atomic E-state index is 4.92. The largest absolute Gasteiger partial charge is 0.357 e. The van der Waals surface area contributed by atoms with Crippen LogP contribution < -0.4 is 10.6 Å². The number of nitrogens with one attached hydrogen (secondary N) is 2. The Labute approximate surface area is 207 Å². The third-order valence-corrected chi connectivity index (χ3v) is 6.89. The lowest BCUT2D eigenvalue weighted by atomic mass is 9.94. The molecule has 1 aromatic carbocycles. The highest BCUT2D eigenvalue weighted by Crippen LogP contribution is 2.21. The molecule has 0 aliphatic carbocycles. The lowest BCUT2D eigenvalue weighted by Gasteiger charge is -2.38. The quantitative estimate of drug-likeness (QED) is 0.292. The third-order valence-electron chi connectivity index (χ3n) is 6.89. The first-order valence-electron chi connectivity index (χ1n) is 12.2. The number of benzene rings is 1. The fourth-order valence-electron chi connectivity index (χ4n) is 4.87. The molecular weight excluding hydrogens is 497 g/mol. The summed E-state index contributed by atoms with van der Waals surface area (Å²) in [4.78, 5) is 10.1. The van der Waals surface area contributed by atoms with E-state index in [0.717, 1.165) is 38.1 Å². The zero-order valence-corrected chi connectivity index (χ0v) is 22.2. The van der Waals surface area contributed by atoms with Crippen LogP contribution in [0.25, 0.3) is 0 Å². The smallest absolute Gasteiger partial charge is 0.191 e. The van der Waals surface area contributed by atoms with Gasteiger partial charge >= 0.3 is 0 Å². The highest BCUT2D eigenvalue weighted by Gasteiger charge is 2.26. The molecule has 2 aliphatic rings. The standard InChI is InChI=1S/C25H43N5.HI/c1-4-26-25(27-15-11-22-12-16-29(5-2)17-13-22)28-24-14-18-30(21(3)19-24)20-23-9-7-6-8-10-23;/h6-10,21-22,24H,4-5,11-20H2,1-3H3,(H2,26,27,28);1H. The normalized spacial score (nSPS) is 23.9. The van der Waals surface area contributed by atoms with E-state index < -0.39 is 0 Å². The van der Waals surface area contributed by atoms with Gasteiger partial charge in [-0.2, -0.15) is 0 Å². The van der Waals surface area contributed by atoms with Crippen molar-refractivity contribution in [1.29, 1.82) is 0 Å². The zero-order valence-electron chi connectivity index (χ0n) is 19.9. The SMILES string of the molecule is CCNC(=NCCC1CCN(CC)CC1)NC1CCN(Cc2ccccc2)C(C)C1.I. The number of piperidine rings is 2. The van der Waals surface area contributed by atoms with Gasteiger partial charge in [0.15, 0.2) is 5.96 Å². The molecule has 176 valence electrons. The molecule has 6 heteroatoms. The molecule has 5 nitrogen and oxygen atoms in total. The van der Waals surface area contributed by atoms with Crippen molar-refractivity contribution in [1.82, 2.24) is 20.4 Å². The van der Waals surface area contributed by atoms with Gasteiger partial charge in [-0.1, -0.05) is 37.3 Å². The van der Waals surface area contributed by atoms with Crippen molar-refractivity contribution >= 4 is 29.9 Å². The monoisotopic (exact) mass is 541 g/mol. The van der Waals surface area contributed by atoms with Gasteiger partial charge in [-0.15, -0.1) is 24.0 Å². The van der Waals surface area contributed by atoms with Crippen LogP contribution in [0, 0.1) is 5.92 Å². The molecule has 0 spiro atoms. The summed E-state index contributed by atoms with van der Waals surface area (Å²) in [6.07, 6.45) is 6.25. The molecule has 2 saturated heterocycles. The van der Waals surface area contributed by atoms with Crippen molar-refractivity contribution in [2.24, 2.45) is 10.9 Å². The highest BCUT2D eigenvalue weighted by molar-refractivity contribution is 14.0. The summed E-state index contributed by atoms with van der Waals surface area (Å²) in [5.74, 6) is 1.86. The van der Waals surface area contributed by atoms with Gasteiger partial charge in [-0.05, 0) is 77.1 Å². The van der Waals surface area contributed by atoms with E-state index in [1.165, 1.54) is 57.3 Å². The third kappa shape index (κ3) is 8.89. The zero-order chi connectivity index (χ0) is 21.2. The van der Waals surface area contributed by atoms with Gasteiger partial charge < -0.3 is 15.5 Å². The molecule has 2 heterocycles. The van der Waals surface area contributed by atoms with Gasteiger partial charge in [0, 0.05) is 38.3 Å². The molecule has 0 amide bonds. The van der Waals surface area contributed by atoms with E-state index in [1.54, 1.807) is 0 Å². The number of hydrogen-bond acceptors (Lipinski definition) is 3. The van der Waals surface area contributed by atoms with Gasteiger partial charge in [0.1, 0.15) is 0 Å². The van der Waals surface area contributed by atoms with Crippen LogP contribution in [0.1, 0.15) is 58.4 Å². The maximum atomic E-state index is 4.92. The second kappa shape index (κ2) is 14.3. The van der Waals surface area contributed by atoms with Gasteiger partial charge in [-0.3, -0.25) is 9.89 Å². The van der Waals surface area contributed by atoms with Crippen LogP contribution in [0.2, 0.25) is 0 Å². The van der Waals surface area contributed by atoms with Gasteiger partial charge in [0.2, 0.25) is 0 Å². The van der Waals surface area contributed by atoms with E-state index in [-0.39, 0.29) is 24.0 Å². The molecule has 2 aliphatic heterocycles. The minimum atomic E-state index is 0. The molecule has 3 rings (SSSR count). The van der Waals surface area contributed by atoms with Crippen LogP contribution >= 0.6 is 24.0 Å². The lowest BCUT2D eigenvalue weighted by molar-refractivity contribution is 0.134. The van der Waals surface area contributed by atoms with Crippen LogP contribution in [0.4, 0.5) is 0 Å². The molecule has 2 atom stereocenters. The summed E-state index contributed by atoms with van der Waals surface area (Å²) >= 11 is 0. The van der Waals surface area contributed by atoms with E-state index in [0.29, 0.717) is 12.1 Å². The number of nitrogens with zero attached hydrogens (tertiary/aromatic N) is 3. The first kappa shape index (κ1) is 26.4. The Morgan fingerprint density at radius 1 is 1.06 bits per heavy atom. The molecule has 1 aromatic rings. The van der Waals surface area contributed by atoms with Crippen molar-refractivity contribution < 1.29 is 0 Å². The summed E-state index contributed by atoms with van der Waals surface area (Å²) in [5.41, 5.74) is 1.41.